The molecule has 0 unspecified atom stereocenters. The molecule has 19 aromatic carbocycles. The maximum absolute atomic E-state index is 6.54. The van der Waals surface area contributed by atoms with Crippen molar-refractivity contribution in [2.75, 3.05) is 0 Å². The molecule has 7 heterocycles. The normalized spacial score (nSPS) is 13.4. The molecule has 0 bridgehead atoms. The van der Waals surface area contributed by atoms with Crippen LogP contribution < -0.4 is 0 Å². The maximum Gasteiger partial charge on any atom is 0.160 e. The van der Waals surface area contributed by atoms with E-state index < -0.39 is 10.8 Å². The van der Waals surface area contributed by atoms with Crippen molar-refractivity contribution in [3.8, 4) is 124 Å². The van der Waals surface area contributed by atoms with Crippen molar-refractivity contribution in [2.45, 2.75) is 43.9 Å². The average Bonchev–Trinajstić information content (AvgIpc) is 1.49. The van der Waals surface area contributed by atoms with Gasteiger partial charge < -0.3 is 13.3 Å². The Bertz CT molecular complexity index is 9490. The molecule has 0 radical (unpaired) electrons. The molecule has 0 fully saturated rings. The Balaban J connectivity index is 0.000000105. The van der Waals surface area contributed by atoms with Crippen LogP contribution in [0.5, 0.6) is 0 Å². The molecule has 4 aliphatic carbocycles. The van der Waals surface area contributed by atoms with Gasteiger partial charge in [-0.25, -0.2) is 24.9 Å². The molecule has 678 valence electrons. The topological polar surface area (TPSA) is 117 Å². The van der Waals surface area contributed by atoms with Crippen molar-refractivity contribution in [1.29, 1.82) is 0 Å². The fourth-order valence-corrected chi connectivity index (χ4v) is 25.0. The first kappa shape index (κ1) is 83.9. The molecule has 0 atom stereocenters. The quantitative estimate of drug-likeness (QED) is 0.117. The summed E-state index contributed by atoms with van der Waals surface area (Å²) < 4.78 is 19.5. The van der Waals surface area contributed by atoms with Crippen molar-refractivity contribution < 1.29 is 13.3 Å². The van der Waals surface area contributed by atoms with E-state index in [1.54, 1.807) is 0 Å². The summed E-state index contributed by atoms with van der Waals surface area (Å²) in [5.41, 5.74) is 40.0. The number of benzene rings is 19. The van der Waals surface area contributed by atoms with Gasteiger partial charge in [0, 0.05) is 99.8 Å². The van der Waals surface area contributed by atoms with Crippen LogP contribution in [0, 0.1) is 11.8 Å². The Hall–Kier alpha value is -18.2. The van der Waals surface area contributed by atoms with E-state index >= 15 is 0 Å². The summed E-state index contributed by atoms with van der Waals surface area (Å²) in [7, 11) is 0. The number of fused-ring (bicyclic) bond motifs is 31. The first-order valence-corrected chi connectivity index (χ1v) is 49.7. The van der Waals surface area contributed by atoms with Crippen LogP contribution >= 0.6 is 0 Å². The van der Waals surface area contributed by atoms with Crippen LogP contribution in [0.4, 0.5) is 0 Å². The molecule has 30 rings (SSSR count). The van der Waals surface area contributed by atoms with Crippen LogP contribution in [0.25, 0.3) is 222 Å². The van der Waals surface area contributed by atoms with Gasteiger partial charge in [-0.1, -0.05) is 373 Å². The molecule has 26 aromatic rings. The lowest BCUT2D eigenvalue weighted by atomic mass is 9.63. The van der Waals surface area contributed by atoms with Gasteiger partial charge in [-0.05, 0) is 231 Å². The number of para-hydroxylation sites is 3. The van der Waals surface area contributed by atoms with Gasteiger partial charge in [0.15, 0.2) is 11.6 Å². The van der Waals surface area contributed by atoms with Crippen molar-refractivity contribution in [2.24, 2.45) is 11.8 Å². The first-order chi connectivity index (χ1) is 71.0. The molecule has 4 aliphatic rings. The second kappa shape index (κ2) is 33.0. The zero-order valence-electron chi connectivity index (χ0n) is 79.4. The van der Waals surface area contributed by atoms with Gasteiger partial charge in [0.25, 0.3) is 0 Å². The average molecular weight is 1840 g/mol. The minimum absolute atomic E-state index is 0.133. The Morgan fingerprint density at radius 2 is 0.576 bits per heavy atom. The summed E-state index contributed by atoms with van der Waals surface area (Å²) in [5.74, 6) is 2.23. The lowest BCUT2D eigenvalue weighted by Crippen LogP contribution is -2.37. The lowest BCUT2D eigenvalue weighted by Gasteiger charge is -2.40. The highest BCUT2D eigenvalue weighted by Gasteiger charge is 2.54. The molecule has 144 heavy (non-hydrogen) atoms. The summed E-state index contributed by atoms with van der Waals surface area (Å²) in [6, 6.07) is 160. The van der Waals surface area contributed by atoms with E-state index in [0.29, 0.717) is 17.7 Å². The molecule has 0 saturated carbocycles. The minimum atomic E-state index is -0.587. The lowest BCUT2D eigenvalue weighted by molar-refractivity contribution is 0.280. The van der Waals surface area contributed by atoms with Gasteiger partial charge in [0.2, 0.25) is 0 Å². The predicted octanol–water partition coefficient (Wildman–Crippen LogP) is 34.5. The minimum Gasteiger partial charge on any atom is -0.456 e. The number of nitrogens with zero attached hydrogens (tertiary/aromatic N) is 6. The van der Waals surface area contributed by atoms with Gasteiger partial charge in [-0.2, -0.15) is 0 Å². The number of rotatable bonds is 11. The van der Waals surface area contributed by atoms with Gasteiger partial charge >= 0.3 is 0 Å². The number of hydrogen-bond donors (Lipinski definition) is 0. The van der Waals surface area contributed by atoms with Crippen molar-refractivity contribution in [1.82, 2.24) is 29.9 Å². The van der Waals surface area contributed by atoms with Crippen LogP contribution in [0.1, 0.15) is 83.3 Å². The molecule has 0 aliphatic heterocycles. The Kier molecular flexibility index (Phi) is 19.2. The van der Waals surface area contributed by atoms with Crippen molar-refractivity contribution in [3.05, 3.63) is 517 Å². The number of pyridine rings is 2. The van der Waals surface area contributed by atoms with Crippen LogP contribution in [0.2, 0.25) is 0 Å². The smallest absolute Gasteiger partial charge is 0.160 e. The molecule has 9 heteroatoms. The van der Waals surface area contributed by atoms with E-state index in [0.717, 1.165) is 150 Å². The highest BCUT2D eigenvalue weighted by Crippen LogP contribution is 2.66. The second-order valence-corrected chi connectivity index (χ2v) is 39.2. The molecule has 9 nitrogen and oxygen atoms in total. The summed E-state index contributed by atoms with van der Waals surface area (Å²) in [6.45, 7) is 9.44. The summed E-state index contributed by atoms with van der Waals surface area (Å²) in [6.07, 6.45) is 3.86. The van der Waals surface area contributed by atoms with Gasteiger partial charge in [0.05, 0.1) is 44.8 Å². The SMILES string of the molecule is CC(C)C1(C(C)C)c2ccc(-c3cc(-c4ccccc4)nc(-c4ccccc4)n3)cc2-c2cc3c(cc21)oc1ccccc13.c1ccc(-c2cc(-c3ccccn3)cc(-c3ccc4c(c3)-c3cc5c(cc3C43c4ccccc4-c4ccccc43)oc3ccccc35)n2)cc1.c1ccc(C2(c3ccccc3)c3cc(-c4ncc5c6ccccc6c6ccccc6c5n4)ccc3-c3cc4c(cc32)oc2ccccc24)cc1. The first-order valence-electron chi connectivity index (χ1n) is 49.7. The van der Waals surface area contributed by atoms with Gasteiger partial charge in [0.1, 0.15) is 33.5 Å². The van der Waals surface area contributed by atoms with Crippen LogP contribution in [0.15, 0.2) is 475 Å². The predicted molar refractivity (Wildman–Crippen MR) is 588 cm³/mol. The van der Waals surface area contributed by atoms with Crippen LogP contribution in [-0.4, -0.2) is 29.9 Å². The van der Waals surface area contributed by atoms with Crippen LogP contribution in [0.3, 0.4) is 0 Å². The molecular weight excluding hydrogens is 1750 g/mol. The standard InChI is InChI=1S/2C47H28N2O.C41H34N2O/c1-3-13-30(14-4-1)47(31-15-5-2-6-16-31)41-25-29(23-24-35(41)38-26-39-36-20-11-12-22-43(36)50-44(39)27-42(38)47)46-48-28-40-34-19-8-7-17-32(34)33-18-9-10-21-37(33)45(40)49-46;1-2-12-29(13-3-1)43-25-31(42-19-10-11-23-48-42)26-44(49-43)30-21-22-40-35(24-30)36-27-37-34-16-6-9-20-45(34)50-46(37)28-41(36)47(40)38-17-7-4-14-32(38)33-15-5-8-18-39(33)47;1-25(2)41(26(3)4)34-20-19-29(21-31(34)32-22-33-30-17-11-12-18-38(30)44-39(33)23-35(32)41)37-24-36(27-13-7-5-8-14-27)42-40(43-37)28-15-9-6-10-16-28/h2*1-28H;5-26H,1-4H3. The molecule has 0 N–H and O–H groups in total. The van der Waals surface area contributed by atoms with E-state index in [1.807, 2.05) is 73.1 Å². The molecule has 0 saturated heterocycles. The molecule has 1 spiro atoms. The van der Waals surface area contributed by atoms with E-state index in [1.165, 1.54) is 122 Å². The zero-order valence-corrected chi connectivity index (χ0v) is 79.4. The number of furan rings is 3. The highest BCUT2D eigenvalue weighted by molar-refractivity contribution is 6.24. The Morgan fingerprint density at radius 3 is 1.11 bits per heavy atom. The third kappa shape index (κ3) is 12.7. The van der Waals surface area contributed by atoms with E-state index in [9.17, 15) is 0 Å². The van der Waals surface area contributed by atoms with E-state index in [-0.39, 0.29) is 5.41 Å². The Morgan fingerprint density at radius 1 is 0.194 bits per heavy atom. The molecular formula is C135H90N6O3. The fourth-order valence-electron chi connectivity index (χ4n) is 25.0. The molecule has 0 amide bonds. The maximum atomic E-state index is 6.54. The number of aromatic nitrogens is 6. The summed E-state index contributed by atoms with van der Waals surface area (Å²) >= 11 is 0. The van der Waals surface area contributed by atoms with E-state index in [4.69, 9.17) is 43.2 Å². The van der Waals surface area contributed by atoms with Crippen LogP contribution in [-0.2, 0) is 16.2 Å². The third-order valence-corrected chi connectivity index (χ3v) is 31.2. The van der Waals surface area contributed by atoms with Crippen molar-refractivity contribution in [3.63, 3.8) is 0 Å². The monoisotopic (exact) mass is 1840 g/mol. The zero-order chi connectivity index (χ0) is 95.6. The fraction of sp³-hybridized carbons (Fsp3) is 0.0667. The Labute approximate surface area is 831 Å². The third-order valence-electron chi connectivity index (χ3n) is 31.2. The van der Waals surface area contributed by atoms with E-state index in [2.05, 4.69) is 416 Å². The van der Waals surface area contributed by atoms with Crippen molar-refractivity contribution >= 4 is 98.3 Å². The largest absolute Gasteiger partial charge is 0.456 e. The highest BCUT2D eigenvalue weighted by atomic mass is 16.3. The summed E-state index contributed by atoms with van der Waals surface area (Å²) in [4.78, 5) is 30.5. The van der Waals surface area contributed by atoms with Gasteiger partial charge in [-0.3, -0.25) is 4.98 Å². The second-order valence-electron chi connectivity index (χ2n) is 39.2. The van der Waals surface area contributed by atoms with Gasteiger partial charge in [-0.15, -0.1) is 0 Å². The summed E-state index contributed by atoms with van der Waals surface area (Å²) in [5, 5.41) is 12.6. The number of hydrogen-bond acceptors (Lipinski definition) is 9. The molecule has 7 aromatic heterocycles.